The molecule has 2 aromatic heterocycles. The first-order chi connectivity index (χ1) is 12.1. The number of carbonyl (C=O) groups is 1. The lowest BCUT2D eigenvalue weighted by Gasteiger charge is -2.13. The normalized spacial score (nSPS) is 12.1. The molecule has 2 heterocycles. The molecular formula is C17H18N4OS3. The van der Waals surface area contributed by atoms with Gasteiger partial charge in [-0.3, -0.25) is 4.79 Å². The fourth-order valence-corrected chi connectivity index (χ4v) is 4.34. The number of nitrogens with zero attached hydrogens (tertiary/aromatic N) is 3. The van der Waals surface area contributed by atoms with Crippen LogP contribution < -0.4 is 5.32 Å². The van der Waals surface area contributed by atoms with Crippen LogP contribution in [0.5, 0.6) is 0 Å². The fourth-order valence-electron chi connectivity index (χ4n) is 2.23. The van der Waals surface area contributed by atoms with Crippen molar-refractivity contribution in [2.75, 3.05) is 11.6 Å². The largest absolute Gasteiger partial charge is 0.324 e. The van der Waals surface area contributed by atoms with E-state index in [0.717, 1.165) is 26.4 Å². The van der Waals surface area contributed by atoms with Gasteiger partial charge in [-0.25, -0.2) is 0 Å². The van der Waals surface area contributed by atoms with E-state index in [2.05, 4.69) is 15.5 Å². The van der Waals surface area contributed by atoms with Gasteiger partial charge in [0, 0.05) is 11.9 Å². The van der Waals surface area contributed by atoms with Gasteiger partial charge in [-0.05, 0) is 36.8 Å². The second-order valence-corrected chi connectivity index (χ2v) is 8.40. The van der Waals surface area contributed by atoms with Crippen LogP contribution in [0.25, 0.3) is 10.7 Å². The minimum atomic E-state index is -0.283. The number of carbonyl (C=O) groups excluding carboxylic acids is 1. The second-order valence-electron chi connectivity index (χ2n) is 5.29. The Bertz CT molecular complexity index is 861. The maximum atomic E-state index is 12.5. The van der Waals surface area contributed by atoms with Gasteiger partial charge in [-0.1, -0.05) is 30.0 Å². The Kier molecular flexibility index (Phi) is 5.82. The zero-order valence-corrected chi connectivity index (χ0v) is 16.5. The summed E-state index contributed by atoms with van der Waals surface area (Å²) in [5.41, 5.74) is 0.838. The molecule has 0 radical (unpaired) electrons. The van der Waals surface area contributed by atoms with Crippen LogP contribution in [-0.2, 0) is 11.8 Å². The van der Waals surface area contributed by atoms with Crippen LogP contribution in [-0.4, -0.2) is 32.2 Å². The molecule has 1 aromatic carbocycles. The molecule has 3 aromatic rings. The van der Waals surface area contributed by atoms with E-state index in [1.165, 1.54) is 11.8 Å². The van der Waals surface area contributed by atoms with Crippen LogP contribution in [0, 0.1) is 0 Å². The Labute approximate surface area is 159 Å². The van der Waals surface area contributed by atoms with Gasteiger partial charge in [0.1, 0.15) is 0 Å². The van der Waals surface area contributed by atoms with E-state index in [-0.39, 0.29) is 11.2 Å². The molecule has 8 heteroatoms. The van der Waals surface area contributed by atoms with Gasteiger partial charge in [0.15, 0.2) is 11.0 Å². The maximum Gasteiger partial charge on any atom is 0.237 e. The van der Waals surface area contributed by atoms with Crippen molar-refractivity contribution in [1.82, 2.24) is 14.8 Å². The summed E-state index contributed by atoms with van der Waals surface area (Å²) in [6, 6.07) is 11.8. The van der Waals surface area contributed by atoms with Crippen molar-refractivity contribution in [3.05, 3.63) is 41.8 Å². The lowest BCUT2D eigenvalue weighted by Crippen LogP contribution is -2.23. The smallest absolute Gasteiger partial charge is 0.237 e. The highest BCUT2D eigenvalue weighted by Gasteiger charge is 2.20. The molecule has 0 fully saturated rings. The summed E-state index contributed by atoms with van der Waals surface area (Å²) in [4.78, 5) is 14.6. The molecule has 0 bridgehead atoms. The number of para-hydroxylation sites is 1. The van der Waals surface area contributed by atoms with Crippen molar-refractivity contribution in [1.29, 1.82) is 0 Å². The van der Waals surface area contributed by atoms with E-state index < -0.39 is 0 Å². The molecule has 0 aliphatic heterocycles. The Balaban J connectivity index is 1.70. The molecule has 25 heavy (non-hydrogen) atoms. The first-order valence-corrected chi connectivity index (χ1v) is 10.6. The lowest BCUT2D eigenvalue weighted by atomic mass is 10.3. The van der Waals surface area contributed by atoms with Crippen molar-refractivity contribution in [2.45, 2.75) is 22.2 Å². The predicted molar refractivity (Wildman–Crippen MR) is 106 cm³/mol. The molecule has 0 spiro atoms. The van der Waals surface area contributed by atoms with Crippen LogP contribution in [0.1, 0.15) is 6.92 Å². The first-order valence-electron chi connectivity index (χ1n) is 7.64. The maximum absolute atomic E-state index is 12.5. The van der Waals surface area contributed by atoms with Gasteiger partial charge in [-0.2, -0.15) is 0 Å². The van der Waals surface area contributed by atoms with E-state index in [0.29, 0.717) is 0 Å². The lowest BCUT2D eigenvalue weighted by molar-refractivity contribution is -0.115. The van der Waals surface area contributed by atoms with Crippen molar-refractivity contribution >= 4 is 46.5 Å². The molecule has 1 atom stereocenters. The van der Waals surface area contributed by atoms with E-state index in [9.17, 15) is 4.79 Å². The molecule has 0 saturated heterocycles. The minimum absolute atomic E-state index is 0.0489. The van der Waals surface area contributed by atoms with E-state index >= 15 is 0 Å². The molecule has 1 unspecified atom stereocenters. The number of thioether (sulfide) groups is 2. The molecule has 5 nitrogen and oxygen atoms in total. The third kappa shape index (κ3) is 4.08. The molecule has 1 amide bonds. The third-order valence-electron chi connectivity index (χ3n) is 3.59. The highest BCUT2D eigenvalue weighted by Crippen LogP contribution is 2.29. The van der Waals surface area contributed by atoms with Crippen molar-refractivity contribution in [3.63, 3.8) is 0 Å². The number of rotatable bonds is 6. The van der Waals surface area contributed by atoms with Crippen LogP contribution in [0.15, 0.2) is 51.8 Å². The average molecular weight is 391 g/mol. The number of aromatic nitrogens is 3. The summed E-state index contributed by atoms with van der Waals surface area (Å²) in [5.74, 6) is 0.769. The number of thiophene rings is 1. The van der Waals surface area contributed by atoms with Crippen molar-refractivity contribution < 1.29 is 4.79 Å². The summed E-state index contributed by atoms with van der Waals surface area (Å²) in [6.07, 6.45) is 1.99. The van der Waals surface area contributed by atoms with Crippen LogP contribution >= 0.6 is 34.9 Å². The van der Waals surface area contributed by atoms with Gasteiger partial charge in [-0.15, -0.1) is 33.3 Å². The number of anilines is 1. The van der Waals surface area contributed by atoms with Gasteiger partial charge in [0.05, 0.1) is 15.8 Å². The van der Waals surface area contributed by atoms with E-state index in [1.807, 2.05) is 66.6 Å². The summed E-state index contributed by atoms with van der Waals surface area (Å²) in [7, 11) is 1.92. The average Bonchev–Trinajstić information content (AvgIpc) is 3.26. The second kappa shape index (κ2) is 8.07. The Morgan fingerprint density at radius 2 is 2.04 bits per heavy atom. The number of amides is 1. The minimum Gasteiger partial charge on any atom is -0.324 e. The topological polar surface area (TPSA) is 59.8 Å². The Morgan fingerprint density at radius 3 is 2.76 bits per heavy atom. The summed E-state index contributed by atoms with van der Waals surface area (Å²) >= 11 is 4.64. The molecule has 0 aliphatic rings. The number of hydrogen-bond acceptors (Lipinski definition) is 6. The van der Waals surface area contributed by atoms with Crippen LogP contribution in [0.3, 0.4) is 0 Å². The zero-order chi connectivity index (χ0) is 17.8. The quantitative estimate of drug-likeness (QED) is 0.633. The molecular weight excluding hydrogens is 372 g/mol. The SMILES string of the molecule is CSc1ccccc1NC(=O)C(C)Sc1nnc(-c2cccs2)n1C. The Morgan fingerprint density at radius 1 is 1.24 bits per heavy atom. The standard InChI is InChI=1S/C17H18N4OS3/c1-11(16(22)18-12-7-4-5-8-13(12)23-3)25-17-20-19-15(21(17)2)14-9-6-10-24-14/h4-11H,1-3H3,(H,18,22). The predicted octanol–water partition coefficient (Wildman–Crippen LogP) is 4.38. The monoisotopic (exact) mass is 390 g/mol. The number of hydrogen-bond donors (Lipinski definition) is 1. The summed E-state index contributed by atoms with van der Waals surface area (Å²) in [5, 5.41) is 13.9. The fraction of sp³-hybridized carbons (Fsp3) is 0.235. The van der Waals surface area contributed by atoms with Gasteiger partial charge >= 0.3 is 0 Å². The highest BCUT2D eigenvalue weighted by molar-refractivity contribution is 8.00. The van der Waals surface area contributed by atoms with Crippen molar-refractivity contribution in [2.24, 2.45) is 7.05 Å². The van der Waals surface area contributed by atoms with Crippen LogP contribution in [0.2, 0.25) is 0 Å². The summed E-state index contributed by atoms with van der Waals surface area (Å²) < 4.78 is 1.93. The molecule has 0 saturated carbocycles. The summed E-state index contributed by atoms with van der Waals surface area (Å²) in [6.45, 7) is 1.88. The number of benzene rings is 1. The van der Waals surface area contributed by atoms with Gasteiger partial charge < -0.3 is 9.88 Å². The highest BCUT2D eigenvalue weighted by atomic mass is 32.2. The first kappa shape index (κ1) is 18.0. The third-order valence-corrected chi connectivity index (χ3v) is 6.39. The van der Waals surface area contributed by atoms with Gasteiger partial charge in [0.25, 0.3) is 0 Å². The van der Waals surface area contributed by atoms with E-state index in [1.54, 1.807) is 23.1 Å². The Hall–Kier alpha value is -1.77. The number of nitrogens with one attached hydrogen (secondary N) is 1. The molecule has 0 aliphatic carbocycles. The van der Waals surface area contributed by atoms with Crippen molar-refractivity contribution in [3.8, 4) is 10.7 Å². The van der Waals surface area contributed by atoms with Gasteiger partial charge in [0.2, 0.25) is 5.91 Å². The van der Waals surface area contributed by atoms with E-state index in [4.69, 9.17) is 0 Å². The molecule has 130 valence electrons. The molecule has 1 N–H and O–H groups in total. The zero-order valence-electron chi connectivity index (χ0n) is 14.1. The van der Waals surface area contributed by atoms with Crippen LogP contribution in [0.4, 0.5) is 5.69 Å². The molecule has 3 rings (SSSR count).